The Bertz CT molecular complexity index is 467. The van der Waals surface area contributed by atoms with Crippen molar-refractivity contribution in [2.75, 3.05) is 40.9 Å². The van der Waals surface area contributed by atoms with Crippen molar-refractivity contribution in [2.45, 2.75) is 38.5 Å². The highest BCUT2D eigenvalue weighted by molar-refractivity contribution is 7.09. The van der Waals surface area contributed by atoms with Gasteiger partial charge < -0.3 is 15.0 Å². The lowest BCUT2D eigenvalue weighted by Crippen LogP contribution is -2.44. The predicted molar refractivity (Wildman–Crippen MR) is 99.4 cm³/mol. The van der Waals surface area contributed by atoms with Crippen molar-refractivity contribution in [1.82, 2.24) is 10.2 Å². The summed E-state index contributed by atoms with van der Waals surface area (Å²) in [6.07, 6.45) is 7.52. The first-order valence-corrected chi connectivity index (χ1v) is 9.50. The topological polar surface area (TPSA) is 36.9 Å². The van der Waals surface area contributed by atoms with Gasteiger partial charge in [-0.3, -0.25) is 4.99 Å². The Labute approximate surface area is 144 Å². The highest BCUT2D eigenvalue weighted by Crippen LogP contribution is 2.40. The van der Waals surface area contributed by atoms with E-state index in [9.17, 15) is 0 Å². The molecule has 0 spiro atoms. The van der Waals surface area contributed by atoms with Crippen molar-refractivity contribution < 1.29 is 4.74 Å². The van der Waals surface area contributed by atoms with E-state index in [1.165, 1.54) is 30.6 Å². The Morgan fingerprint density at radius 3 is 2.83 bits per heavy atom. The molecule has 1 fully saturated rings. The minimum atomic E-state index is 0.389. The van der Waals surface area contributed by atoms with Gasteiger partial charge in [0.05, 0.1) is 0 Å². The van der Waals surface area contributed by atoms with Gasteiger partial charge in [-0.25, -0.2) is 0 Å². The second-order valence-corrected chi connectivity index (χ2v) is 7.63. The summed E-state index contributed by atoms with van der Waals surface area (Å²) in [5.41, 5.74) is 0.389. The smallest absolute Gasteiger partial charge is 0.193 e. The van der Waals surface area contributed by atoms with E-state index in [1.807, 2.05) is 18.4 Å². The Morgan fingerprint density at radius 2 is 2.22 bits per heavy atom. The molecule has 23 heavy (non-hydrogen) atoms. The van der Waals surface area contributed by atoms with Crippen LogP contribution in [-0.2, 0) is 11.2 Å². The molecular formula is C18H31N3OS. The quantitative estimate of drug-likeness (QED) is 0.583. The molecule has 1 aliphatic carbocycles. The summed E-state index contributed by atoms with van der Waals surface area (Å²) in [5.74, 6) is 1.00. The molecule has 0 amide bonds. The molecule has 1 aliphatic rings. The third-order valence-corrected chi connectivity index (χ3v) is 5.91. The molecule has 1 aromatic rings. The number of likely N-dealkylation sites (N-methyl/N-ethyl adjacent to an activating group) is 1. The fourth-order valence-electron chi connectivity index (χ4n) is 3.45. The second kappa shape index (κ2) is 9.28. The van der Waals surface area contributed by atoms with Crippen molar-refractivity contribution in [3.05, 3.63) is 22.4 Å². The predicted octanol–water partition coefficient (Wildman–Crippen LogP) is 3.39. The van der Waals surface area contributed by atoms with E-state index in [-0.39, 0.29) is 0 Å². The Morgan fingerprint density at radius 1 is 1.43 bits per heavy atom. The van der Waals surface area contributed by atoms with Crippen LogP contribution in [-0.4, -0.2) is 51.8 Å². The van der Waals surface area contributed by atoms with Crippen LogP contribution in [0.3, 0.4) is 0 Å². The van der Waals surface area contributed by atoms with E-state index in [0.29, 0.717) is 5.41 Å². The summed E-state index contributed by atoms with van der Waals surface area (Å²) in [4.78, 5) is 8.13. The average Bonchev–Trinajstić information content (AvgIpc) is 3.24. The molecule has 0 radical (unpaired) electrons. The van der Waals surface area contributed by atoms with Crippen LogP contribution in [0.1, 0.15) is 37.0 Å². The Hall–Kier alpha value is -1.07. The molecule has 0 unspecified atom stereocenters. The average molecular weight is 338 g/mol. The first-order chi connectivity index (χ1) is 11.2. The molecule has 1 saturated carbocycles. The monoisotopic (exact) mass is 337 g/mol. The molecular weight excluding hydrogens is 306 g/mol. The zero-order valence-electron chi connectivity index (χ0n) is 14.8. The summed E-state index contributed by atoms with van der Waals surface area (Å²) in [6.45, 7) is 2.85. The zero-order valence-corrected chi connectivity index (χ0v) is 15.6. The maximum atomic E-state index is 5.32. The second-order valence-electron chi connectivity index (χ2n) is 6.60. The van der Waals surface area contributed by atoms with Gasteiger partial charge >= 0.3 is 0 Å². The first kappa shape index (κ1) is 18.3. The maximum Gasteiger partial charge on any atom is 0.193 e. The fraction of sp³-hybridized carbons (Fsp3) is 0.722. The van der Waals surface area contributed by atoms with Gasteiger partial charge in [0.25, 0.3) is 0 Å². The lowest BCUT2D eigenvalue weighted by atomic mass is 9.83. The number of aliphatic imine (C=N–C) groups is 1. The van der Waals surface area contributed by atoms with E-state index in [1.54, 1.807) is 7.11 Å². The molecule has 1 aromatic heterocycles. The van der Waals surface area contributed by atoms with E-state index >= 15 is 0 Å². The van der Waals surface area contributed by atoms with Crippen molar-refractivity contribution in [2.24, 2.45) is 10.4 Å². The molecule has 1 heterocycles. The summed E-state index contributed by atoms with van der Waals surface area (Å²) in [6, 6.07) is 4.32. The normalized spacial score (nSPS) is 17.4. The van der Waals surface area contributed by atoms with Gasteiger partial charge in [0.15, 0.2) is 5.96 Å². The summed E-state index contributed by atoms with van der Waals surface area (Å²) in [5, 5.41) is 5.76. The number of methoxy groups -OCH3 is 1. The highest BCUT2D eigenvalue weighted by atomic mass is 32.1. The number of hydrogen-bond acceptors (Lipinski definition) is 3. The molecule has 0 aromatic carbocycles. The minimum absolute atomic E-state index is 0.389. The van der Waals surface area contributed by atoms with Crippen LogP contribution in [0.25, 0.3) is 0 Å². The number of thiophene rings is 1. The van der Waals surface area contributed by atoms with Gasteiger partial charge in [-0.2, -0.15) is 0 Å². The van der Waals surface area contributed by atoms with Crippen molar-refractivity contribution in [3.8, 4) is 0 Å². The fourth-order valence-corrected chi connectivity index (χ4v) is 4.15. The van der Waals surface area contributed by atoms with Gasteiger partial charge in [0.1, 0.15) is 0 Å². The van der Waals surface area contributed by atoms with Crippen LogP contribution in [0.2, 0.25) is 0 Å². The first-order valence-electron chi connectivity index (χ1n) is 8.62. The number of guanidine groups is 1. The summed E-state index contributed by atoms with van der Waals surface area (Å²) in [7, 11) is 5.80. The molecule has 1 N–H and O–H groups in total. The standard InChI is InChI=1S/C18H31N3OS/c1-19-17(21(2)12-8-16-7-6-14-23-16)20-15-18(11-13-22-3)9-4-5-10-18/h6-7,14H,4-5,8-13,15H2,1-3H3,(H,19,20). The van der Waals surface area contributed by atoms with Crippen LogP contribution in [0.4, 0.5) is 0 Å². The van der Waals surface area contributed by atoms with Crippen LogP contribution < -0.4 is 5.32 Å². The number of rotatable bonds is 8. The van der Waals surface area contributed by atoms with Gasteiger partial charge in [0, 0.05) is 45.8 Å². The summed E-state index contributed by atoms with van der Waals surface area (Å²) >= 11 is 1.83. The molecule has 5 heteroatoms. The number of ether oxygens (including phenoxy) is 1. The lowest BCUT2D eigenvalue weighted by Gasteiger charge is -2.31. The molecule has 0 aliphatic heterocycles. The number of hydrogen-bond donors (Lipinski definition) is 1. The lowest BCUT2D eigenvalue weighted by molar-refractivity contribution is 0.138. The van der Waals surface area contributed by atoms with E-state index < -0.39 is 0 Å². The maximum absolute atomic E-state index is 5.32. The Balaban J connectivity index is 1.83. The molecule has 130 valence electrons. The number of nitrogens with one attached hydrogen (secondary N) is 1. The van der Waals surface area contributed by atoms with Crippen molar-refractivity contribution in [3.63, 3.8) is 0 Å². The largest absolute Gasteiger partial charge is 0.385 e. The Kier molecular flexibility index (Phi) is 7.37. The van der Waals surface area contributed by atoms with E-state index in [2.05, 4.69) is 39.8 Å². The van der Waals surface area contributed by atoms with E-state index in [0.717, 1.165) is 38.5 Å². The van der Waals surface area contributed by atoms with E-state index in [4.69, 9.17) is 4.74 Å². The molecule has 0 atom stereocenters. The van der Waals surface area contributed by atoms with Crippen LogP contribution in [0.15, 0.2) is 22.5 Å². The van der Waals surface area contributed by atoms with Gasteiger partial charge in [0.2, 0.25) is 0 Å². The zero-order chi connectivity index (χ0) is 16.5. The van der Waals surface area contributed by atoms with Crippen LogP contribution in [0.5, 0.6) is 0 Å². The molecule has 0 bridgehead atoms. The SMILES string of the molecule is CN=C(NCC1(CCOC)CCCC1)N(C)CCc1cccs1. The van der Waals surface area contributed by atoms with Crippen molar-refractivity contribution in [1.29, 1.82) is 0 Å². The number of nitrogens with zero attached hydrogens (tertiary/aromatic N) is 2. The van der Waals surface area contributed by atoms with Gasteiger partial charge in [-0.05, 0) is 42.5 Å². The summed E-state index contributed by atoms with van der Waals surface area (Å²) < 4.78 is 5.32. The van der Waals surface area contributed by atoms with Crippen molar-refractivity contribution >= 4 is 17.3 Å². The van der Waals surface area contributed by atoms with Gasteiger partial charge in [-0.1, -0.05) is 18.9 Å². The third kappa shape index (κ3) is 5.50. The van der Waals surface area contributed by atoms with Crippen LogP contribution >= 0.6 is 11.3 Å². The van der Waals surface area contributed by atoms with Gasteiger partial charge in [-0.15, -0.1) is 11.3 Å². The molecule has 0 saturated heterocycles. The minimum Gasteiger partial charge on any atom is -0.385 e. The highest BCUT2D eigenvalue weighted by Gasteiger charge is 2.33. The molecule has 2 rings (SSSR count). The molecule has 4 nitrogen and oxygen atoms in total. The van der Waals surface area contributed by atoms with Crippen LogP contribution in [0, 0.1) is 5.41 Å². The third-order valence-electron chi connectivity index (χ3n) is 4.97.